The minimum absolute atomic E-state index is 0.321. The molecule has 0 atom stereocenters. The third-order valence-electron chi connectivity index (χ3n) is 4.92. The predicted molar refractivity (Wildman–Crippen MR) is 127 cm³/mol. The molecule has 0 aliphatic rings. The first-order chi connectivity index (χ1) is 19.4. The Kier molecular flexibility index (Phi) is 9.54. The second-order valence-corrected chi connectivity index (χ2v) is 8.18. The molecule has 0 fully saturated rings. The molecule has 17 heteroatoms. The zero-order valence-electron chi connectivity index (χ0n) is 21.3. The van der Waals surface area contributed by atoms with Crippen LogP contribution in [0, 0.1) is 0 Å². The number of rotatable bonds is 8. The maximum atomic E-state index is 13.0. The maximum absolute atomic E-state index is 13.0. The quantitative estimate of drug-likeness (QED) is 0.144. The molecule has 0 aliphatic heterocycles. The van der Waals surface area contributed by atoms with Gasteiger partial charge in [-0.05, 0) is 30.5 Å². The van der Waals surface area contributed by atoms with E-state index in [-0.39, 0.29) is 11.0 Å². The molecule has 2 aromatic rings. The van der Waals surface area contributed by atoms with Crippen molar-refractivity contribution < 1.29 is 77.6 Å². The molecule has 0 N–H and O–H groups in total. The molecule has 8 nitrogen and oxygen atoms in total. The highest BCUT2D eigenvalue weighted by molar-refractivity contribution is 6.01. The van der Waals surface area contributed by atoms with Gasteiger partial charge in [0.1, 0.15) is 16.7 Å². The summed E-state index contributed by atoms with van der Waals surface area (Å²) in [4.78, 5) is 48.4. The van der Waals surface area contributed by atoms with E-state index in [1.165, 1.54) is 0 Å². The van der Waals surface area contributed by atoms with Gasteiger partial charge in [0, 0.05) is 11.0 Å². The molecule has 0 saturated heterocycles. The number of hydrogen-bond acceptors (Lipinski definition) is 8. The molecule has 0 spiro atoms. The molecule has 0 amide bonds. The van der Waals surface area contributed by atoms with Crippen molar-refractivity contribution in [3.8, 4) is 23.0 Å². The smallest absolute Gasteiger partial charge is 0.419 e. The summed E-state index contributed by atoms with van der Waals surface area (Å²) in [7, 11) is 0. The van der Waals surface area contributed by atoms with Gasteiger partial charge in [0.15, 0.2) is 23.0 Å². The number of alkyl halides is 9. The minimum Gasteiger partial charge on any atom is -0.419 e. The van der Waals surface area contributed by atoms with Crippen molar-refractivity contribution in [1.29, 1.82) is 0 Å². The van der Waals surface area contributed by atoms with Crippen LogP contribution in [0.25, 0.3) is 10.8 Å². The second-order valence-electron chi connectivity index (χ2n) is 8.18. The van der Waals surface area contributed by atoms with Crippen molar-refractivity contribution in [3.05, 3.63) is 72.9 Å². The lowest BCUT2D eigenvalue weighted by Crippen LogP contribution is -2.25. The third-order valence-corrected chi connectivity index (χ3v) is 4.92. The minimum atomic E-state index is -5.37. The average molecular weight is 626 g/mol. The lowest BCUT2D eigenvalue weighted by atomic mass is 10.1. The van der Waals surface area contributed by atoms with Crippen molar-refractivity contribution in [2.45, 2.75) is 25.5 Å². The van der Waals surface area contributed by atoms with E-state index in [2.05, 4.69) is 40.5 Å². The molecular formula is C26H15F9O8. The molecule has 0 aromatic heterocycles. The second kappa shape index (κ2) is 12.0. The number of fused-ring (bicyclic) bond motifs is 1. The number of esters is 4. The Bertz CT molecular complexity index is 1580. The summed E-state index contributed by atoms with van der Waals surface area (Å²) in [6.07, 6.45) is -15.9. The highest BCUT2D eigenvalue weighted by atomic mass is 19.4. The van der Waals surface area contributed by atoms with Gasteiger partial charge in [0.2, 0.25) is 0 Å². The predicted octanol–water partition coefficient (Wildman–Crippen LogP) is 6.39. The van der Waals surface area contributed by atoms with E-state index in [0.717, 1.165) is 13.0 Å². The number of halogens is 9. The Morgan fingerprint density at radius 1 is 0.558 bits per heavy atom. The fraction of sp³-hybridized carbons (Fsp3) is 0.154. The molecule has 0 radical (unpaired) electrons. The van der Waals surface area contributed by atoms with Gasteiger partial charge in [-0.2, -0.15) is 39.5 Å². The molecule has 43 heavy (non-hydrogen) atoms. The van der Waals surface area contributed by atoms with E-state index in [9.17, 15) is 58.7 Å². The van der Waals surface area contributed by atoms with Gasteiger partial charge in [-0.25, -0.2) is 19.2 Å². The standard InChI is InChI=1S/C26H15F9O8/c1-10(2)20(36)41-18-9-15-14(8-17(18)42-22(38)12(4)25(30,31)32)6-7-16(40-21(37)11(3)24(27,28)29)19(15)43-23(39)13(5)26(33,34)35/h6-9H,1,3-5H2,2H3. The van der Waals surface area contributed by atoms with Crippen LogP contribution in [-0.4, -0.2) is 42.4 Å². The Labute approximate surface area is 234 Å². The first-order valence-electron chi connectivity index (χ1n) is 10.9. The summed E-state index contributed by atoms with van der Waals surface area (Å²) in [5, 5.41) is -1.02. The highest BCUT2D eigenvalue weighted by Gasteiger charge is 2.41. The van der Waals surface area contributed by atoms with Gasteiger partial charge in [0.05, 0.1) is 0 Å². The summed E-state index contributed by atoms with van der Waals surface area (Å²) in [5.74, 6) is -11.9. The van der Waals surface area contributed by atoms with Crippen LogP contribution in [0.4, 0.5) is 39.5 Å². The lowest BCUT2D eigenvalue weighted by Gasteiger charge is -2.18. The van der Waals surface area contributed by atoms with Crippen molar-refractivity contribution >= 4 is 34.6 Å². The van der Waals surface area contributed by atoms with Crippen molar-refractivity contribution in [2.24, 2.45) is 0 Å². The third kappa shape index (κ3) is 8.23. The zero-order valence-corrected chi connectivity index (χ0v) is 21.3. The first kappa shape index (κ1) is 34.1. The molecule has 2 aromatic carbocycles. The summed E-state index contributed by atoms with van der Waals surface area (Å²) in [5.41, 5.74) is -6.52. The Morgan fingerprint density at radius 2 is 0.930 bits per heavy atom. The van der Waals surface area contributed by atoms with Crippen molar-refractivity contribution in [3.63, 3.8) is 0 Å². The van der Waals surface area contributed by atoms with E-state index >= 15 is 0 Å². The summed E-state index contributed by atoms with van der Waals surface area (Å²) >= 11 is 0. The number of hydrogen-bond donors (Lipinski definition) is 0. The number of carbonyl (C=O) groups excluding carboxylic acids is 4. The van der Waals surface area contributed by atoms with Gasteiger partial charge < -0.3 is 18.9 Å². The lowest BCUT2D eigenvalue weighted by molar-refractivity contribution is -0.145. The Balaban J connectivity index is 2.84. The first-order valence-corrected chi connectivity index (χ1v) is 10.9. The van der Waals surface area contributed by atoms with Crippen LogP contribution < -0.4 is 18.9 Å². The molecule has 0 saturated carbocycles. The molecule has 0 heterocycles. The van der Waals surface area contributed by atoms with E-state index < -0.39 is 87.5 Å². The van der Waals surface area contributed by atoms with E-state index in [1.807, 2.05) is 0 Å². The van der Waals surface area contributed by atoms with E-state index in [1.54, 1.807) is 0 Å². The van der Waals surface area contributed by atoms with E-state index in [4.69, 9.17) is 4.74 Å². The largest absolute Gasteiger partial charge is 0.422 e. The van der Waals surface area contributed by atoms with Crippen LogP contribution >= 0.6 is 0 Å². The van der Waals surface area contributed by atoms with Gasteiger partial charge in [-0.15, -0.1) is 0 Å². The van der Waals surface area contributed by atoms with Crippen LogP contribution in [0.1, 0.15) is 6.92 Å². The number of carbonyl (C=O) groups is 4. The molecule has 0 bridgehead atoms. The van der Waals surface area contributed by atoms with E-state index in [0.29, 0.717) is 18.2 Å². The fourth-order valence-corrected chi connectivity index (χ4v) is 2.64. The monoisotopic (exact) mass is 626 g/mol. The number of ether oxygens (including phenoxy) is 4. The van der Waals surface area contributed by atoms with Crippen LogP contribution in [0.3, 0.4) is 0 Å². The SMILES string of the molecule is C=C(C)C(=O)Oc1cc2c(OC(=O)C(=C)C(F)(F)F)c(OC(=O)C(=C)C(F)(F)F)ccc2cc1OC(=O)C(=C)C(F)(F)F. The molecule has 0 aliphatic carbocycles. The Morgan fingerprint density at radius 3 is 1.35 bits per heavy atom. The number of benzene rings is 2. The molecule has 230 valence electrons. The van der Waals surface area contributed by atoms with Crippen LogP contribution in [0.2, 0.25) is 0 Å². The van der Waals surface area contributed by atoms with Gasteiger partial charge >= 0.3 is 42.4 Å². The molecule has 2 rings (SSSR count). The fourth-order valence-electron chi connectivity index (χ4n) is 2.64. The topological polar surface area (TPSA) is 105 Å². The summed E-state index contributed by atoms with van der Waals surface area (Å²) < 4.78 is 135. The average Bonchev–Trinajstić information content (AvgIpc) is 2.87. The van der Waals surface area contributed by atoms with Crippen LogP contribution in [0.5, 0.6) is 23.0 Å². The Hall–Kier alpha value is -5.09. The molecule has 0 unspecified atom stereocenters. The molecular weight excluding hydrogens is 611 g/mol. The highest BCUT2D eigenvalue weighted by Crippen LogP contribution is 2.43. The van der Waals surface area contributed by atoms with Crippen molar-refractivity contribution in [2.75, 3.05) is 0 Å². The van der Waals surface area contributed by atoms with Gasteiger partial charge in [-0.1, -0.05) is 32.4 Å². The zero-order chi connectivity index (χ0) is 33.2. The summed E-state index contributed by atoms with van der Waals surface area (Å²) in [6.45, 7) is 11.9. The van der Waals surface area contributed by atoms with Crippen LogP contribution in [-0.2, 0) is 19.2 Å². The maximum Gasteiger partial charge on any atom is 0.422 e. The normalized spacial score (nSPS) is 11.8. The van der Waals surface area contributed by atoms with Crippen molar-refractivity contribution in [1.82, 2.24) is 0 Å². The van der Waals surface area contributed by atoms with Gasteiger partial charge in [0.25, 0.3) is 0 Å². The van der Waals surface area contributed by atoms with Gasteiger partial charge in [-0.3, -0.25) is 0 Å². The summed E-state index contributed by atoms with van der Waals surface area (Å²) in [6, 6.07) is 2.71. The van der Waals surface area contributed by atoms with Crippen LogP contribution in [0.15, 0.2) is 72.9 Å².